The lowest BCUT2D eigenvalue weighted by molar-refractivity contribution is 1.33. The molecule has 1 heterocycles. The first kappa shape index (κ1) is 7.89. The fourth-order valence-electron chi connectivity index (χ4n) is 1.09. The van der Waals surface area contributed by atoms with Crippen molar-refractivity contribution in [1.82, 2.24) is 4.98 Å². The van der Waals surface area contributed by atoms with Crippen molar-refractivity contribution in [2.75, 3.05) is 5.73 Å². The number of anilines is 1. The van der Waals surface area contributed by atoms with Crippen LogP contribution >= 0.6 is 24.0 Å². The van der Waals surface area contributed by atoms with Gasteiger partial charge in [0.2, 0.25) is 0 Å². The van der Waals surface area contributed by atoms with E-state index in [0.717, 1.165) is 25.8 Å². The fraction of sp³-hybridized carbons (Fsp3) is 0.125. The number of benzene rings is 1. The van der Waals surface area contributed by atoms with Gasteiger partial charge in [0.15, 0.2) is 0 Å². The van der Waals surface area contributed by atoms with Gasteiger partial charge in [-0.3, -0.25) is 0 Å². The molecule has 1 aromatic heterocycles. The molecule has 0 unspecified atom stereocenters. The van der Waals surface area contributed by atoms with E-state index in [2.05, 4.69) is 17.6 Å². The number of thiol groups is 1. The maximum atomic E-state index is 5.70. The molecule has 0 aliphatic rings. The van der Waals surface area contributed by atoms with Crippen LogP contribution in [-0.2, 0) is 0 Å². The second-order valence-corrected chi connectivity index (χ2v) is 4.33. The molecule has 0 spiro atoms. The van der Waals surface area contributed by atoms with Crippen molar-refractivity contribution >= 4 is 39.9 Å². The number of hydrogen-bond donors (Lipinski definition) is 2. The zero-order valence-electron chi connectivity index (χ0n) is 6.53. The summed E-state index contributed by atoms with van der Waals surface area (Å²) in [4.78, 5) is 5.13. The lowest BCUT2D eigenvalue weighted by Gasteiger charge is -1.96. The molecule has 0 radical (unpaired) electrons. The Morgan fingerprint density at radius 3 is 3.00 bits per heavy atom. The first-order valence-electron chi connectivity index (χ1n) is 3.52. The number of hydrogen-bond acceptors (Lipinski definition) is 4. The van der Waals surface area contributed by atoms with Crippen LogP contribution in [0.2, 0.25) is 0 Å². The number of fused-ring (bicyclic) bond motifs is 1. The average molecular weight is 196 g/mol. The molecule has 2 N–H and O–H groups in total. The summed E-state index contributed by atoms with van der Waals surface area (Å²) in [6.07, 6.45) is 0. The molecule has 4 heteroatoms. The fourth-order valence-corrected chi connectivity index (χ4v) is 2.14. The summed E-state index contributed by atoms with van der Waals surface area (Å²) < 4.78 is 1.13. The number of rotatable bonds is 0. The lowest BCUT2D eigenvalue weighted by atomic mass is 10.3. The van der Waals surface area contributed by atoms with Gasteiger partial charge in [-0.25, -0.2) is 4.98 Å². The van der Waals surface area contributed by atoms with E-state index in [1.165, 1.54) is 0 Å². The molecule has 62 valence electrons. The van der Waals surface area contributed by atoms with E-state index in [-0.39, 0.29) is 0 Å². The van der Waals surface area contributed by atoms with Gasteiger partial charge in [0.05, 0.1) is 15.2 Å². The van der Waals surface area contributed by atoms with Crippen LogP contribution in [0.5, 0.6) is 0 Å². The Bertz CT molecular complexity index is 395. The van der Waals surface area contributed by atoms with Gasteiger partial charge in [-0.2, -0.15) is 0 Å². The van der Waals surface area contributed by atoms with Crippen molar-refractivity contribution in [3.05, 3.63) is 17.1 Å². The molecule has 0 bridgehead atoms. The monoisotopic (exact) mass is 196 g/mol. The zero-order valence-corrected chi connectivity index (χ0v) is 8.25. The number of thiazole rings is 1. The van der Waals surface area contributed by atoms with Crippen LogP contribution in [0.3, 0.4) is 0 Å². The van der Waals surface area contributed by atoms with Crippen molar-refractivity contribution in [2.45, 2.75) is 11.8 Å². The van der Waals surface area contributed by atoms with Crippen molar-refractivity contribution in [3.8, 4) is 0 Å². The topological polar surface area (TPSA) is 38.9 Å². The number of nitrogens with two attached hydrogens (primary N) is 1. The largest absolute Gasteiger partial charge is 0.398 e. The highest BCUT2D eigenvalue weighted by Crippen LogP contribution is 2.28. The molecule has 0 amide bonds. The predicted octanol–water partition coefficient (Wildman–Crippen LogP) is 2.48. The van der Waals surface area contributed by atoms with E-state index in [4.69, 9.17) is 5.73 Å². The van der Waals surface area contributed by atoms with Crippen LogP contribution in [0.4, 0.5) is 5.69 Å². The maximum absolute atomic E-state index is 5.70. The molecule has 2 nitrogen and oxygen atoms in total. The van der Waals surface area contributed by atoms with E-state index in [1.807, 2.05) is 19.1 Å². The molecule has 0 aliphatic heterocycles. The molecule has 2 rings (SSSR count). The normalized spacial score (nSPS) is 10.8. The van der Waals surface area contributed by atoms with Crippen LogP contribution in [0, 0.1) is 6.92 Å². The highest BCUT2D eigenvalue weighted by atomic mass is 32.1. The first-order valence-corrected chi connectivity index (χ1v) is 4.79. The summed E-state index contributed by atoms with van der Waals surface area (Å²) in [5.41, 5.74) is 7.40. The van der Waals surface area contributed by atoms with E-state index < -0.39 is 0 Å². The van der Waals surface area contributed by atoms with Gasteiger partial charge in [0.25, 0.3) is 0 Å². The molecule has 0 saturated carbocycles. The summed E-state index contributed by atoms with van der Waals surface area (Å²) in [7, 11) is 0. The number of aryl methyl sites for hydroxylation is 1. The Morgan fingerprint density at radius 1 is 1.50 bits per heavy atom. The third-order valence-corrected chi connectivity index (χ3v) is 2.96. The summed E-state index contributed by atoms with van der Waals surface area (Å²) >= 11 is 5.87. The predicted molar refractivity (Wildman–Crippen MR) is 56.0 cm³/mol. The summed E-state index contributed by atoms with van der Waals surface area (Å²) in [6, 6.07) is 3.82. The lowest BCUT2D eigenvalue weighted by Crippen LogP contribution is -1.85. The van der Waals surface area contributed by atoms with Crippen LogP contribution < -0.4 is 5.73 Å². The van der Waals surface area contributed by atoms with E-state index in [1.54, 1.807) is 11.3 Å². The van der Waals surface area contributed by atoms with Gasteiger partial charge in [-0.1, -0.05) is 0 Å². The highest BCUT2D eigenvalue weighted by molar-refractivity contribution is 7.80. The quantitative estimate of drug-likeness (QED) is 0.502. The van der Waals surface area contributed by atoms with Crippen molar-refractivity contribution in [3.63, 3.8) is 0 Å². The van der Waals surface area contributed by atoms with Crippen LogP contribution in [0.1, 0.15) is 5.01 Å². The number of nitrogens with zero attached hydrogens (tertiary/aromatic N) is 1. The minimum Gasteiger partial charge on any atom is -0.398 e. The van der Waals surface area contributed by atoms with Crippen molar-refractivity contribution in [2.24, 2.45) is 0 Å². The average Bonchev–Trinajstić information content (AvgIpc) is 2.30. The molecule has 2 aromatic rings. The van der Waals surface area contributed by atoms with Gasteiger partial charge in [0, 0.05) is 10.6 Å². The van der Waals surface area contributed by atoms with E-state index in [0.29, 0.717) is 0 Å². The third-order valence-electron chi connectivity index (χ3n) is 1.64. The molecule has 12 heavy (non-hydrogen) atoms. The van der Waals surface area contributed by atoms with Gasteiger partial charge in [-0.05, 0) is 19.1 Å². The van der Waals surface area contributed by atoms with E-state index >= 15 is 0 Å². The second-order valence-electron chi connectivity index (χ2n) is 2.61. The Morgan fingerprint density at radius 2 is 2.25 bits per heavy atom. The van der Waals surface area contributed by atoms with Gasteiger partial charge < -0.3 is 5.73 Å². The minimum absolute atomic E-state index is 0.717. The van der Waals surface area contributed by atoms with Gasteiger partial charge in [0.1, 0.15) is 0 Å². The third kappa shape index (κ3) is 1.17. The Hall–Kier alpha value is -0.740. The zero-order chi connectivity index (χ0) is 8.72. The molecule has 0 atom stereocenters. The standard InChI is InChI=1S/C8H8N2S2/c1-4-10-6-3-7(11)5(9)2-8(6)12-4/h2-3,11H,9H2,1H3. The van der Waals surface area contributed by atoms with Crippen molar-refractivity contribution < 1.29 is 0 Å². The molecule has 0 saturated heterocycles. The first-order chi connectivity index (χ1) is 5.66. The Balaban J connectivity index is 2.83. The summed E-state index contributed by atoms with van der Waals surface area (Å²) in [5.74, 6) is 0. The van der Waals surface area contributed by atoms with E-state index in [9.17, 15) is 0 Å². The Labute approximate surface area is 79.8 Å². The second kappa shape index (κ2) is 2.64. The van der Waals surface area contributed by atoms with Gasteiger partial charge >= 0.3 is 0 Å². The van der Waals surface area contributed by atoms with Crippen molar-refractivity contribution in [1.29, 1.82) is 0 Å². The molecule has 0 aliphatic carbocycles. The van der Waals surface area contributed by atoms with Crippen LogP contribution in [-0.4, -0.2) is 4.98 Å². The molecule has 1 aromatic carbocycles. The maximum Gasteiger partial charge on any atom is 0.0907 e. The number of aromatic nitrogens is 1. The van der Waals surface area contributed by atoms with Crippen LogP contribution in [0.25, 0.3) is 10.2 Å². The van der Waals surface area contributed by atoms with Crippen LogP contribution in [0.15, 0.2) is 17.0 Å². The minimum atomic E-state index is 0.717. The summed E-state index contributed by atoms with van der Waals surface area (Å²) in [6.45, 7) is 1.99. The number of nitrogen functional groups attached to an aromatic ring is 1. The Kier molecular flexibility index (Phi) is 1.73. The smallest absolute Gasteiger partial charge is 0.0907 e. The highest BCUT2D eigenvalue weighted by Gasteiger charge is 2.02. The molecular weight excluding hydrogens is 188 g/mol. The molecular formula is C8H8N2S2. The summed E-state index contributed by atoms with van der Waals surface area (Å²) in [5, 5.41) is 1.06. The molecule has 0 fully saturated rings. The SMILES string of the molecule is Cc1nc2cc(S)c(N)cc2s1. The van der Waals surface area contributed by atoms with Gasteiger partial charge in [-0.15, -0.1) is 24.0 Å².